The van der Waals surface area contributed by atoms with Crippen LogP contribution in [0.25, 0.3) is 10.9 Å². The number of nitrogens with one attached hydrogen (secondary N) is 2. The summed E-state index contributed by atoms with van der Waals surface area (Å²) < 4.78 is 6.98. The molecule has 1 aromatic heterocycles. The molecule has 0 spiro atoms. The maximum absolute atomic E-state index is 13.0. The van der Waals surface area contributed by atoms with Crippen molar-refractivity contribution in [2.75, 3.05) is 7.11 Å². The van der Waals surface area contributed by atoms with Crippen LogP contribution in [0, 0.1) is 4.77 Å². The quantitative estimate of drug-likeness (QED) is 0.452. The largest absolute Gasteiger partial charge is 0.497 e. The molecular formula is C24H21N3O3S. The highest BCUT2D eigenvalue weighted by molar-refractivity contribution is 7.71. The molecule has 31 heavy (non-hydrogen) atoms. The number of fused-ring (bicyclic) bond motifs is 1. The normalized spacial score (nSPS) is 10.7. The number of aromatic amines is 1. The Morgan fingerprint density at radius 1 is 1.03 bits per heavy atom. The van der Waals surface area contributed by atoms with Crippen LogP contribution in [0.15, 0.2) is 77.6 Å². The zero-order valence-electron chi connectivity index (χ0n) is 16.9. The van der Waals surface area contributed by atoms with Crippen LogP contribution in [-0.4, -0.2) is 22.6 Å². The van der Waals surface area contributed by atoms with Gasteiger partial charge < -0.3 is 15.0 Å². The number of amides is 1. The molecule has 1 amide bonds. The minimum Gasteiger partial charge on any atom is -0.497 e. The lowest BCUT2D eigenvalue weighted by Gasteiger charge is -2.10. The van der Waals surface area contributed by atoms with E-state index in [2.05, 4.69) is 10.3 Å². The number of rotatable bonds is 6. The number of hydrogen-bond donors (Lipinski definition) is 2. The average molecular weight is 432 g/mol. The number of benzene rings is 3. The Bertz CT molecular complexity index is 1340. The zero-order valence-corrected chi connectivity index (χ0v) is 17.7. The van der Waals surface area contributed by atoms with Gasteiger partial charge in [0.05, 0.1) is 24.6 Å². The van der Waals surface area contributed by atoms with Crippen LogP contribution < -0.4 is 15.6 Å². The minimum atomic E-state index is -0.231. The third kappa shape index (κ3) is 4.57. The van der Waals surface area contributed by atoms with Gasteiger partial charge in [0, 0.05) is 12.1 Å². The molecule has 0 fully saturated rings. The summed E-state index contributed by atoms with van der Waals surface area (Å²) in [4.78, 5) is 28.7. The van der Waals surface area contributed by atoms with Crippen molar-refractivity contribution in [1.29, 1.82) is 0 Å². The monoisotopic (exact) mass is 431 g/mol. The van der Waals surface area contributed by atoms with Gasteiger partial charge in [-0.25, -0.2) is 0 Å². The highest BCUT2D eigenvalue weighted by Crippen LogP contribution is 2.13. The van der Waals surface area contributed by atoms with Crippen molar-refractivity contribution in [2.24, 2.45) is 0 Å². The van der Waals surface area contributed by atoms with E-state index in [0.29, 0.717) is 34.3 Å². The molecule has 3 aromatic carbocycles. The third-order valence-electron chi connectivity index (χ3n) is 5.04. The first-order valence-corrected chi connectivity index (χ1v) is 10.2. The Morgan fingerprint density at radius 2 is 1.77 bits per heavy atom. The summed E-state index contributed by atoms with van der Waals surface area (Å²) in [7, 11) is 1.61. The Morgan fingerprint density at radius 3 is 2.48 bits per heavy atom. The first-order chi connectivity index (χ1) is 15.0. The van der Waals surface area contributed by atoms with Crippen LogP contribution in [0.5, 0.6) is 5.75 Å². The van der Waals surface area contributed by atoms with E-state index >= 15 is 0 Å². The fourth-order valence-corrected chi connectivity index (χ4v) is 3.59. The maximum atomic E-state index is 13.0. The molecule has 7 heteroatoms. The van der Waals surface area contributed by atoms with E-state index in [-0.39, 0.29) is 11.5 Å². The van der Waals surface area contributed by atoms with E-state index < -0.39 is 0 Å². The van der Waals surface area contributed by atoms with Crippen LogP contribution in [0.1, 0.15) is 21.5 Å². The van der Waals surface area contributed by atoms with Gasteiger partial charge in [0.1, 0.15) is 5.75 Å². The van der Waals surface area contributed by atoms with E-state index in [1.807, 2.05) is 54.6 Å². The fraction of sp³-hybridized carbons (Fsp3) is 0.125. The second-order valence-corrected chi connectivity index (χ2v) is 7.48. The Balaban J connectivity index is 1.56. The van der Waals surface area contributed by atoms with E-state index in [9.17, 15) is 9.59 Å². The molecule has 0 saturated heterocycles. The van der Waals surface area contributed by atoms with Crippen molar-refractivity contribution >= 4 is 29.0 Å². The average Bonchev–Trinajstić information content (AvgIpc) is 2.81. The maximum Gasteiger partial charge on any atom is 0.262 e. The Kier molecular flexibility index (Phi) is 5.95. The standard InChI is InChI=1S/C24H21N3O3S/c1-30-19-10-7-16(8-11-19)14-25-22(28)18-9-12-20-21(13-18)26-24(31)27(23(20)29)15-17-5-3-2-4-6-17/h2-13H,14-15H2,1H3,(H,25,28)(H,26,31). The summed E-state index contributed by atoms with van der Waals surface area (Å²) in [6.07, 6.45) is 0. The van der Waals surface area contributed by atoms with Gasteiger partial charge in [0.25, 0.3) is 11.5 Å². The summed E-state index contributed by atoms with van der Waals surface area (Å²) >= 11 is 5.41. The van der Waals surface area contributed by atoms with Gasteiger partial charge in [-0.3, -0.25) is 14.2 Å². The lowest BCUT2D eigenvalue weighted by Crippen LogP contribution is -2.24. The fourth-order valence-electron chi connectivity index (χ4n) is 3.33. The predicted octanol–water partition coefficient (Wildman–Crippen LogP) is 4.05. The molecular weight excluding hydrogens is 410 g/mol. The summed E-state index contributed by atoms with van der Waals surface area (Å²) in [5.41, 5.74) is 2.74. The molecule has 156 valence electrons. The molecule has 4 rings (SSSR count). The first kappa shape index (κ1) is 20.6. The molecule has 0 aliphatic heterocycles. The third-order valence-corrected chi connectivity index (χ3v) is 5.36. The molecule has 0 saturated carbocycles. The number of aromatic nitrogens is 2. The Labute approximate surface area is 184 Å². The van der Waals surface area contributed by atoms with E-state index in [4.69, 9.17) is 17.0 Å². The number of H-pyrrole nitrogens is 1. The van der Waals surface area contributed by atoms with Crippen molar-refractivity contribution in [3.05, 3.63) is 105 Å². The van der Waals surface area contributed by atoms with Crippen molar-refractivity contribution < 1.29 is 9.53 Å². The topological polar surface area (TPSA) is 76.1 Å². The predicted molar refractivity (Wildman–Crippen MR) is 123 cm³/mol. The molecule has 0 aliphatic rings. The van der Waals surface area contributed by atoms with Crippen molar-refractivity contribution in [3.63, 3.8) is 0 Å². The summed E-state index contributed by atoms with van der Waals surface area (Å²) in [6.45, 7) is 0.768. The number of methoxy groups -OCH3 is 1. The van der Waals surface area contributed by atoms with Gasteiger partial charge in [-0.15, -0.1) is 0 Å². The number of carbonyl (C=O) groups is 1. The lowest BCUT2D eigenvalue weighted by atomic mass is 10.1. The first-order valence-electron chi connectivity index (χ1n) is 9.77. The number of nitrogens with zero attached hydrogens (tertiary/aromatic N) is 1. The smallest absolute Gasteiger partial charge is 0.262 e. The molecule has 0 aliphatic carbocycles. The molecule has 4 aromatic rings. The van der Waals surface area contributed by atoms with Crippen LogP contribution >= 0.6 is 12.2 Å². The van der Waals surface area contributed by atoms with Crippen LogP contribution in [0.4, 0.5) is 0 Å². The van der Waals surface area contributed by atoms with E-state index in [0.717, 1.165) is 16.9 Å². The van der Waals surface area contributed by atoms with Gasteiger partial charge in [-0.2, -0.15) is 0 Å². The van der Waals surface area contributed by atoms with Crippen molar-refractivity contribution in [3.8, 4) is 5.75 Å². The lowest BCUT2D eigenvalue weighted by molar-refractivity contribution is 0.0951. The molecule has 1 heterocycles. The second kappa shape index (κ2) is 8.97. The van der Waals surface area contributed by atoms with Gasteiger partial charge in [-0.05, 0) is 53.7 Å². The van der Waals surface area contributed by atoms with Crippen LogP contribution in [-0.2, 0) is 13.1 Å². The van der Waals surface area contributed by atoms with Gasteiger partial charge >= 0.3 is 0 Å². The second-order valence-electron chi connectivity index (χ2n) is 7.10. The van der Waals surface area contributed by atoms with Crippen molar-refractivity contribution in [1.82, 2.24) is 14.9 Å². The molecule has 2 N–H and O–H groups in total. The zero-order chi connectivity index (χ0) is 21.8. The van der Waals surface area contributed by atoms with E-state index in [1.165, 1.54) is 4.57 Å². The van der Waals surface area contributed by atoms with Crippen LogP contribution in [0.2, 0.25) is 0 Å². The number of ether oxygens (including phenoxy) is 1. The summed E-state index contributed by atoms with van der Waals surface area (Å²) in [6, 6.07) is 22.1. The SMILES string of the molecule is COc1ccc(CNC(=O)c2ccc3c(=O)n(Cc4ccccc4)c(=S)[nH]c3c2)cc1. The van der Waals surface area contributed by atoms with E-state index in [1.54, 1.807) is 25.3 Å². The highest BCUT2D eigenvalue weighted by atomic mass is 32.1. The van der Waals surface area contributed by atoms with Crippen molar-refractivity contribution in [2.45, 2.75) is 13.1 Å². The minimum absolute atomic E-state index is 0.187. The molecule has 0 atom stereocenters. The molecule has 0 radical (unpaired) electrons. The molecule has 0 unspecified atom stereocenters. The molecule has 0 bridgehead atoms. The number of hydrogen-bond acceptors (Lipinski definition) is 4. The van der Waals surface area contributed by atoms with Gasteiger partial charge in [0.2, 0.25) is 0 Å². The van der Waals surface area contributed by atoms with Crippen LogP contribution in [0.3, 0.4) is 0 Å². The molecule has 6 nitrogen and oxygen atoms in total. The Hall–Kier alpha value is -3.71. The summed E-state index contributed by atoms with van der Waals surface area (Å²) in [5.74, 6) is 0.531. The summed E-state index contributed by atoms with van der Waals surface area (Å²) in [5, 5.41) is 3.37. The highest BCUT2D eigenvalue weighted by Gasteiger charge is 2.11. The number of carbonyl (C=O) groups excluding carboxylic acids is 1. The van der Waals surface area contributed by atoms with Gasteiger partial charge in [0.15, 0.2) is 4.77 Å². The van der Waals surface area contributed by atoms with Gasteiger partial charge in [-0.1, -0.05) is 42.5 Å².